The third-order valence-electron chi connectivity index (χ3n) is 30.5. The Hall–Kier alpha value is -11.0. The van der Waals surface area contributed by atoms with Gasteiger partial charge in [-0.25, -0.2) is 19.9 Å². The number of amides is 2. The molecule has 33 heteroatoms. The van der Waals surface area contributed by atoms with Gasteiger partial charge < -0.3 is 58.4 Å². The van der Waals surface area contributed by atoms with Gasteiger partial charge in [0.15, 0.2) is 0 Å². The van der Waals surface area contributed by atoms with Crippen LogP contribution in [0.3, 0.4) is 0 Å². The van der Waals surface area contributed by atoms with Crippen LogP contribution < -0.4 is 38.5 Å². The molecule has 20 rings (SSSR count). The third-order valence-corrected chi connectivity index (χ3v) is 35.1. The predicted molar refractivity (Wildman–Crippen MR) is 606 cm³/mol. The molecule has 0 radical (unpaired) electrons. The zero-order valence-electron chi connectivity index (χ0n) is 90.0. The number of likely N-dealkylation sites (tertiary alicyclic amines) is 3. The Balaban J connectivity index is 0.000000136. The Kier molecular flexibility index (Phi) is 39.3. The fraction of sp³-hybridized carbons (Fsp3) is 0.547. The molecule has 7 saturated heterocycles. The van der Waals surface area contributed by atoms with E-state index in [1.54, 1.807) is 55.3 Å². The number of fused-ring (bicyclic) bond motifs is 4. The molecule has 0 spiro atoms. The van der Waals surface area contributed by atoms with E-state index in [0.717, 1.165) is 294 Å². The third kappa shape index (κ3) is 28.3. The maximum absolute atomic E-state index is 13.3. The van der Waals surface area contributed by atoms with Gasteiger partial charge in [0, 0.05) is 280 Å². The second-order valence-corrected chi connectivity index (χ2v) is 45.9. The van der Waals surface area contributed by atoms with E-state index in [9.17, 15) is 24.0 Å². The number of pyridine rings is 4. The van der Waals surface area contributed by atoms with Gasteiger partial charge in [-0.3, -0.25) is 63.5 Å². The normalized spacial score (nSPS) is 17.7. The minimum Gasteiger partial charge on any atom is -0.494 e. The molecule has 1 N–H and O–H groups in total. The number of nitrogens with zero attached hydrogens (tertiary/aromatic N) is 19. The van der Waals surface area contributed by atoms with Crippen LogP contribution >= 0.6 is 45.3 Å². The Morgan fingerprint density at radius 2 is 0.833 bits per heavy atom. The van der Waals surface area contributed by atoms with Crippen LogP contribution in [0.4, 0.5) is 22.7 Å². The molecule has 15 heterocycles. The molecule has 7 aliphatic heterocycles. The van der Waals surface area contributed by atoms with E-state index in [0.29, 0.717) is 94.4 Å². The summed E-state index contributed by atoms with van der Waals surface area (Å²) in [5, 5.41) is 27.1. The number of Topliss-reactive ketones (excluding diaryl/α,β-unsaturated/α-hetero) is 2. The van der Waals surface area contributed by atoms with Crippen LogP contribution in [-0.4, -0.2) is 287 Å². The lowest BCUT2D eigenvalue weighted by atomic mass is 10.0. The number of hydrogen-bond acceptors (Lipinski definition) is 30. The number of aliphatic carboxylic acids is 1. The molecule has 4 aromatic carbocycles. The first-order valence-electron chi connectivity index (χ1n) is 55.1. The van der Waals surface area contributed by atoms with Gasteiger partial charge in [-0.05, 0) is 189 Å². The number of carbonyl (C=O) groups excluding carboxylic acids is 4. The first-order valence-corrected chi connectivity index (χ1v) is 58.6. The zero-order valence-corrected chi connectivity index (χ0v) is 93.3. The number of carboxylic acid groups (broad SMARTS) is 1. The summed E-state index contributed by atoms with van der Waals surface area (Å²) in [5.41, 5.74) is 14.9. The molecule has 3 unspecified atom stereocenters. The number of anilines is 4. The summed E-state index contributed by atoms with van der Waals surface area (Å²) in [6.45, 7) is 40.1. The van der Waals surface area contributed by atoms with Gasteiger partial charge in [-0.2, -0.15) is 0 Å². The van der Waals surface area contributed by atoms with Crippen LogP contribution in [0.2, 0.25) is 0 Å². The molecule has 802 valence electrons. The summed E-state index contributed by atoms with van der Waals surface area (Å²) in [4.78, 5) is 127. The first kappa shape index (κ1) is 110. The van der Waals surface area contributed by atoms with Crippen molar-refractivity contribution in [1.29, 1.82) is 0 Å². The van der Waals surface area contributed by atoms with Gasteiger partial charge in [-0.15, -0.1) is 45.3 Å². The van der Waals surface area contributed by atoms with Crippen molar-refractivity contribution in [2.24, 2.45) is 0 Å². The molecular weight excluding hydrogens is 1960 g/mol. The minimum absolute atomic E-state index is 0.0165. The first-order chi connectivity index (χ1) is 73.0. The predicted octanol–water partition coefficient (Wildman–Crippen LogP) is 21.6. The van der Waals surface area contributed by atoms with Gasteiger partial charge >= 0.3 is 5.97 Å². The topological polar surface area (TPSA) is 281 Å². The summed E-state index contributed by atoms with van der Waals surface area (Å²) in [5.74, 6) is 5.55. The highest BCUT2D eigenvalue weighted by Crippen LogP contribution is 2.47. The Morgan fingerprint density at radius 3 is 1.29 bits per heavy atom. The highest BCUT2D eigenvalue weighted by molar-refractivity contribution is 7.10. The number of hydrogen-bond donors (Lipinski definition) is 1. The molecule has 8 aliphatic rings. The van der Waals surface area contributed by atoms with Gasteiger partial charge in [0.25, 0.3) is 0 Å². The van der Waals surface area contributed by atoms with E-state index >= 15 is 0 Å². The van der Waals surface area contributed by atoms with Crippen LogP contribution in [0.1, 0.15) is 272 Å². The Labute approximate surface area is 901 Å². The molecule has 1 aliphatic carbocycles. The molecule has 2 amide bonds. The van der Waals surface area contributed by atoms with E-state index in [1.165, 1.54) is 77.0 Å². The van der Waals surface area contributed by atoms with Crippen LogP contribution in [0.15, 0.2) is 131 Å². The number of ketones is 2. The number of methoxy groups -OCH3 is 3. The monoisotopic (exact) mass is 2110 g/mol. The molecule has 29 nitrogen and oxygen atoms in total. The van der Waals surface area contributed by atoms with E-state index in [-0.39, 0.29) is 41.9 Å². The highest BCUT2D eigenvalue weighted by Gasteiger charge is 2.37. The summed E-state index contributed by atoms with van der Waals surface area (Å²) in [7, 11) is 5.22. The average molecular weight is 2120 g/mol. The zero-order chi connectivity index (χ0) is 105. The number of carboxylic acids is 1. The fourth-order valence-corrected chi connectivity index (χ4v) is 26.1. The van der Waals surface area contributed by atoms with E-state index in [2.05, 4.69) is 170 Å². The van der Waals surface area contributed by atoms with Crippen molar-refractivity contribution in [2.45, 2.75) is 239 Å². The summed E-state index contributed by atoms with van der Waals surface area (Å²) >= 11 is 7.03. The largest absolute Gasteiger partial charge is 0.494 e. The van der Waals surface area contributed by atoms with Crippen molar-refractivity contribution < 1.29 is 48.0 Å². The SMILES string of the molecule is COc1c(C)cc2cccnc2c1N1CCCN(C(CCN2CCCC2)c2csc(C(C)C)n2)CC1.COc1ccc2cccnc2c1N1CCCN(C(CC(=O)CCCN2CCCC2=O)c2csc(C(C)C)n2)CC1.COc1ccc2cccnc2c1N1CCCN(C(CC(=O)CCCN2CCCC2=O)c2csc(C3CC3)n2)CC1.Cc1cc2cccnc2c(N2CCCN(Cc3csc(C(C)C)n3)CC2)c1OCCCC(=O)O. The molecular formula is C117H155N19O10S4. The molecule has 8 fully saturated rings. The number of aromatic nitrogens is 8. The maximum atomic E-state index is 13.3. The number of thiazole rings is 4. The van der Waals surface area contributed by atoms with Crippen LogP contribution in [-0.2, 0) is 30.5 Å². The van der Waals surface area contributed by atoms with Crippen molar-refractivity contribution in [3.05, 3.63) is 185 Å². The second-order valence-electron chi connectivity index (χ2n) is 42.4. The van der Waals surface area contributed by atoms with E-state index in [4.69, 9.17) is 63.9 Å². The smallest absolute Gasteiger partial charge is 0.303 e. The molecule has 0 bridgehead atoms. The molecule has 1 saturated carbocycles. The summed E-state index contributed by atoms with van der Waals surface area (Å²) < 4.78 is 23.7. The number of carbonyl (C=O) groups is 5. The summed E-state index contributed by atoms with van der Waals surface area (Å²) in [6.07, 6.45) is 25.0. The second kappa shape index (κ2) is 53.5. The lowest BCUT2D eigenvalue weighted by molar-refractivity contribution is -0.137. The Morgan fingerprint density at radius 1 is 0.407 bits per heavy atom. The van der Waals surface area contributed by atoms with Crippen molar-refractivity contribution in [2.75, 3.05) is 198 Å². The van der Waals surface area contributed by atoms with Crippen LogP contribution in [0, 0.1) is 13.8 Å². The fourth-order valence-electron chi connectivity index (χ4n) is 22.4. The lowest BCUT2D eigenvalue weighted by Crippen LogP contribution is -2.36. The summed E-state index contributed by atoms with van der Waals surface area (Å²) in [6, 6.07) is 29.2. The van der Waals surface area contributed by atoms with Crippen molar-refractivity contribution in [3.8, 4) is 23.0 Å². The van der Waals surface area contributed by atoms with Crippen molar-refractivity contribution >= 4 is 141 Å². The van der Waals surface area contributed by atoms with Gasteiger partial charge in [0.1, 0.15) is 57.3 Å². The van der Waals surface area contributed by atoms with Gasteiger partial charge in [0.05, 0.1) is 111 Å². The highest BCUT2D eigenvalue weighted by atomic mass is 32.1. The van der Waals surface area contributed by atoms with Gasteiger partial charge in [0.2, 0.25) is 11.8 Å². The number of aryl methyl sites for hydroxylation is 2. The number of rotatable bonds is 39. The van der Waals surface area contributed by atoms with Crippen LogP contribution in [0.25, 0.3) is 43.6 Å². The van der Waals surface area contributed by atoms with E-state index < -0.39 is 5.97 Å². The standard InChI is InChI=1S/C31H39N5O3S.C31H41N5O3S.C29H41N5OS.C26H34N4O3S/c1-39-27-12-11-22-6-2-13-32-29(22)30(27)36-17-5-16-34(18-19-36)26(25-21-40-31(33-25)23-9-10-23)20-24(37)7-3-14-35-15-4-8-28(35)38;1-22(2)31-33-25(21-40-31)26(20-24(37)9-5-14-35-15-6-10-28(35)38)34-16-7-17-36(19-18-34)30-27(39-3)12-11-23-8-4-13-32-29(23)30;1-21(2)29-31-24(20-36-29)25(10-16-32-12-5-6-13-32)33-14-8-15-34(18-17-33)27-26-23(9-7-11-30-26)19-22(3)28(27)35-4;1-18(2)26-28-21(17-34-26)16-29-10-6-11-30(13-12-29)24-23-20(7-4-9-27-23)15-19(3)25(24)33-14-5-8-22(31)32/h2,6,11-13,21,23,26H,3-5,7-10,14-20H2,1H3;4,8,11-13,21-22,26H,5-7,9-10,14-20H2,1-3H3;7,9,11,19-21,25H,5-6,8,10,12-18H2,1-4H3;4,7,9,15,17-18H,5-6,8,10-14,16H2,1-3H3,(H,31,32). The molecule has 8 aromatic heterocycles. The molecule has 12 aromatic rings. The molecule has 150 heavy (non-hydrogen) atoms. The maximum Gasteiger partial charge on any atom is 0.303 e. The van der Waals surface area contributed by atoms with Crippen LogP contribution in [0.5, 0.6) is 23.0 Å². The number of benzene rings is 4. The van der Waals surface area contributed by atoms with E-state index in [1.807, 2.05) is 82.3 Å². The minimum atomic E-state index is -0.797. The quantitative estimate of drug-likeness (QED) is 0.0350. The van der Waals surface area contributed by atoms with Crippen molar-refractivity contribution in [3.63, 3.8) is 0 Å². The average Bonchev–Trinajstić information content (AvgIpc) is 1.37. The van der Waals surface area contributed by atoms with Crippen molar-refractivity contribution in [1.82, 2.24) is 74.2 Å². The molecule has 3 atom stereocenters. The van der Waals surface area contributed by atoms with Gasteiger partial charge in [-0.1, -0.05) is 65.8 Å². The number of ether oxygens (including phenoxy) is 4. The lowest BCUT2D eigenvalue weighted by Gasteiger charge is -2.31. The Bertz CT molecular complexity index is 6300.